The lowest BCUT2D eigenvalue weighted by atomic mass is 10.00. The summed E-state index contributed by atoms with van der Waals surface area (Å²) < 4.78 is 10.1. The highest BCUT2D eigenvalue weighted by molar-refractivity contribution is 5.96. The first kappa shape index (κ1) is 12.7. The van der Waals surface area contributed by atoms with Crippen LogP contribution in [0.4, 0.5) is 11.4 Å². The summed E-state index contributed by atoms with van der Waals surface area (Å²) in [6.45, 7) is 3.42. The second-order valence-electron chi connectivity index (χ2n) is 4.78. The molecule has 1 aromatic carbocycles. The summed E-state index contributed by atoms with van der Waals surface area (Å²) in [6.07, 6.45) is 0.901. The maximum absolute atomic E-state index is 11.7. The molecule has 98 valence electrons. The summed E-state index contributed by atoms with van der Waals surface area (Å²) >= 11 is 0. The van der Waals surface area contributed by atoms with Crippen molar-refractivity contribution in [1.29, 1.82) is 0 Å². The number of rotatable bonds is 3. The highest BCUT2D eigenvalue weighted by Crippen LogP contribution is 2.27. The van der Waals surface area contributed by atoms with Crippen molar-refractivity contribution in [2.45, 2.75) is 18.9 Å². The number of hydrogen-bond donors (Lipinski definition) is 2. The molecular weight excluding hydrogens is 232 g/mol. The minimum absolute atomic E-state index is 0.154. The minimum atomic E-state index is -0.396. The Morgan fingerprint density at radius 3 is 2.94 bits per heavy atom. The lowest BCUT2D eigenvalue weighted by Gasteiger charge is -2.26. The van der Waals surface area contributed by atoms with E-state index in [1.54, 1.807) is 18.2 Å². The molecule has 0 radical (unpaired) electrons. The molecule has 1 saturated heterocycles. The maximum atomic E-state index is 11.7. The first-order valence-electron chi connectivity index (χ1n) is 5.88. The number of nitrogens with two attached hydrogens (primary N) is 1. The fourth-order valence-corrected chi connectivity index (χ4v) is 2.04. The Bertz CT molecular complexity index is 454. The molecule has 2 rings (SSSR count). The van der Waals surface area contributed by atoms with Crippen molar-refractivity contribution in [3.05, 3.63) is 23.8 Å². The molecule has 3 N–H and O–H groups in total. The van der Waals surface area contributed by atoms with Crippen LogP contribution >= 0.6 is 0 Å². The molecule has 1 fully saturated rings. The van der Waals surface area contributed by atoms with E-state index in [0.29, 0.717) is 17.9 Å². The summed E-state index contributed by atoms with van der Waals surface area (Å²) in [5.41, 5.74) is 7.26. The number of anilines is 2. The molecule has 0 aliphatic carbocycles. The third kappa shape index (κ3) is 2.56. The van der Waals surface area contributed by atoms with E-state index in [1.165, 1.54) is 7.11 Å². The lowest BCUT2D eigenvalue weighted by molar-refractivity contribution is 0.0601. The highest BCUT2D eigenvalue weighted by Gasteiger charge is 2.30. The number of benzene rings is 1. The number of nitrogen functional groups attached to an aromatic ring is 1. The number of nitrogens with one attached hydrogen (secondary N) is 1. The highest BCUT2D eigenvalue weighted by atomic mass is 16.5. The van der Waals surface area contributed by atoms with Gasteiger partial charge in [-0.2, -0.15) is 0 Å². The molecule has 1 aliphatic heterocycles. The topological polar surface area (TPSA) is 73.6 Å². The van der Waals surface area contributed by atoms with Gasteiger partial charge in [0.2, 0.25) is 0 Å². The normalized spacial score (nSPS) is 22.8. The van der Waals surface area contributed by atoms with Crippen LogP contribution in [0.25, 0.3) is 0 Å². The molecule has 0 bridgehead atoms. The summed E-state index contributed by atoms with van der Waals surface area (Å²) in [4.78, 5) is 11.7. The van der Waals surface area contributed by atoms with Gasteiger partial charge in [-0.3, -0.25) is 0 Å². The van der Waals surface area contributed by atoms with E-state index in [1.807, 2.05) is 0 Å². The van der Waals surface area contributed by atoms with Gasteiger partial charge in [-0.05, 0) is 31.5 Å². The number of esters is 1. The largest absolute Gasteiger partial charge is 0.465 e. The maximum Gasteiger partial charge on any atom is 0.340 e. The molecule has 5 nitrogen and oxygen atoms in total. The third-order valence-corrected chi connectivity index (χ3v) is 3.10. The van der Waals surface area contributed by atoms with Crippen LogP contribution in [0.1, 0.15) is 23.7 Å². The zero-order chi connectivity index (χ0) is 13.2. The van der Waals surface area contributed by atoms with Gasteiger partial charge in [0.1, 0.15) is 0 Å². The summed E-state index contributed by atoms with van der Waals surface area (Å²) in [6, 6.07) is 5.17. The van der Waals surface area contributed by atoms with Crippen LogP contribution in [0.3, 0.4) is 0 Å². The number of ether oxygens (including phenoxy) is 2. The van der Waals surface area contributed by atoms with Crippen LogP contribution in [0.5, 0.6) is 0 Å². The Kier molecular flexibility index (Phi) is 3.43. The Hall–Kier alpha value is -1.75. The van der Waals surface area contributed by atoms with Gasteiger partial charge in [-0.25, -0.2) is 4.79 Å². The first-order valence-corrected chi connectivity index (χ1v) is 5.88. The molecule has 0 spiro atoms. The Morgan fingerprint density at radius 1 is 1.56 bits per heavy atom. The Labute approximate surface area is 106 Å². The minimum Gasteiger partial charge on any atom is -0.465 e. The molecule has 5 heteroatoms. The van der Waals surface area contributed by atoms with E-state index in [9.17, 15) is 4.79 Å². The molecule has 1 atom stereocenters. The fraction of sp³-hybridized carbons (Fsp3) is 0.462. The number of carbonyl (C=O) groups excluding carboxylic acids is 1. The van der Waals surface area contributed by atoms with Crippen molar-refractivity contribution >= 4 is 17.3 Å². The van der Waals surface area contributed by atoms with Crippen LogP contribution in [-0.2, 0) is 9.47 Å². The van der Waals surface area contributed by atoms with Crippen molar-refractivity contribution in [2.75, 3.05) is 31.4 Å². The molecule has 18 heavy (non-hydrogen) atoms. The van der Waals surface area contributed by atoms with Crippen LogP contribution in [0.2, 0.25) is 0 Å². The average Bonchev–Trinajstić information content (AvgIpc) is 2.77. The molecule has 1 unspecified atom stereocenters. The molecule has 1 aromatic rings. The second-order valence-corrected chi connectivity index (χ2v) is 4.78. The zero-order valence-corrected chi connectivity index (χ0v) is 10.7. The predicted molar refractivity (Wildman–Crippen MR) is 69.7 cm³/mol. The average molecular weight is 250 g/mol. The van der Waals surface area contributed by atoms with E-state index >= 15 is 0 Å². The van der Waals surface area contributed by atoms with Crippen molar-refractivity contribution in [3.8, 4) is 0 Å². The fourth-order valence-electron chi connectivity index (χ4n) is 2.04. The molecule has 1 heterocycles. The van der Waals surface area contributed by atoms with Crippen LogP contribution < -0.4 is 11.1 Å². The molecule has 0 saturated carbocycles. The van der Waals surface area contributed by atoms with Gasteiger partial charge in [0, 0.05) is 18.0 Å². The van der Waals surface area contributed by atoms with Gasteiger partial charge in [0.25, 0.3) is 0 Å². The van der Waals surface area contributed by atoms with Gasteiger partial charge in [0.15, 0.2) is 0 Å². The summed E-state index contributed by atoms with van der Waals surface area (Å²) in [7, 11) is 1.36. The smallest absolute Gasteiger partial charge is 0.340 e. The number of carbonyl (C=O) groups is 1. The van der Waals surface area contributed by atoms with Crippen molar-refractivity contribution in [2.24, 2.45) is 0 Å². The van der Waals surface area contributed by atoms with Gasteiger partial charge < -0.3 is 20.5 Å². The number of methoxy groups -OCH3 is 1. The van der Waals surface area contributed by atoms with Crippen molar-refractivity contribution < 1.29 is 14.3 Å². The molecule has 0 aromatic heterocycles. The van der Waals surface area contributed by atoms with Crippen molar-refractivity contribution in [1.82, 2.24) is 0 Å². The van der Waals surface area contributed by atoms with E-state index in [-0.39, 0.29) is 5.54 Å². The quantitative estimate of drug-likeness (QED) is 0.630. The van der Waals surface area contributed by atoms with Crippen LogP contribution in [-0.4, -0.2) is 31.8 Å². The van der Waals surface area contributed by atoms with Crippen LogP contribution in [0, 0.1) is 0 Å². The standard InChI is InChI=1S/C13H18N2O3/c1-13(5-6-18-8-13)15-11-4-3-9(14)7-10(11)12(16)17-2/h3-4,7,15H,5-6,8,14H2,1-2H3. The van der Waals surface area contributed by atoms with Gasteiger partial charge >= 0.3 is 5.97 Å². The predicted octanol–water partition coefficient (Wildman–Crippen LogP) is 1.65. The SMILES string of the molecule is COC(=O)c1cc(N)ccc1NC1(C)CCOC1. The van der Waals surface area contributed by atoms with E-state index in [4.69, 9.17) is 15.2 Å². The van der Waals surface area contributed by atoms with Gasteiger partial charge in [0.05, 0.1) is 24.8 Å². The zero-order valence-electron chi connectivity index (χ0n) is 10.7. The van der Waals surface area contributed by atoms with Crippen LogP contribution in [0.15, 0.2) is 18.2 Å². The third-order valence-electron chi connectivity index (χ3n) is 3.10. The monoisotopic (exact) mass is 250 g/mol. The summed E-state index contributed by atoms with van der Waals surface area (Å²) in [5.74, 6) is -0.396. The number of hydrogen-bond acceptors (Lipinski definition) is 5. The molecule has 1 aliphatic rings. The molecule has 0 amide bonds. The molecular formula is C13H18N2O3. The van der Waals surface area contributed by atoms with E-state index in [0.717, 1.165) is 18.7 Å². The second kappa shape index (κ2) is 4.86. The van der Waals surface area contributed by atoms with Crippen molar-refractivity contribution in [3.63, 3.8) is 0 Å². The van der Waals surface area contributed by atoms with Gasteiger partial charge in [-0.1, -0.05) is 0 Å². The Balaban J connectivity index is 2.29. The lowest BCUT2D eigenvalue weighted by Crippen LogP contribution is -2.35. The van der Waals surface area contributed by atoms with E-state index < -0.39 is 5.97 Å². The summed E-state index contributed by atoms with van der Waals surface area (Å²) in [5, 5.41) is 3.35. The van der Waals surface area contributed by atoms with Gasteiger partial charge in [-0.15, -0.1) is 0 Å². The first-order chi connectivity index (χ1) is 8.54. The van der Waals surface area contributed by atoms with E-state index in [2.05, 4.69) is 12.2 Å². The Morgan fingerprint density at radius 2 is 2.33 bits per heavy atom.